The van der Waals surface area contributed by atoms with Gasteiger partial charge in [-0.3, -0.25) is 4.79 Å². The molecule has 26 heavy (non-hydrogen) atoms. The molecule has 1 aromatic carbocycles. The average Bonchev–Trinajstić information content (AvgIpc) is 3.11. The number of anilines is 1. The van der Waals surface area contributed by atoms with E-state index in [1.807, 2.05) is 0 Å². The Kier molecular flexibility index (Phi) is 4.62. The number of para-hydroxylation sites is 1. The zero-order valence-corrected chi connectivity index (χ0v) is 14.8. The second-order valence-corrected chi connectivity index (χ2v) is 7.63. The van der Waals surface area contributed by atoms with Gasteiger partial charge in [0.15, 0.2) is 5.13 Å². The lowest BCUT2D eigenvalue weighted by Crippen LogP contribution is -2.31. The van der Waals surface area contributed by atoms with Crippen LogP contribution in [-0.4, -0.2) is 30.6 Å². The second kappa shape index (κ2) is 6.92. The molecule has 1 amide bonds. The third-order valence-corrected chi connectivity index (χ3v) is 5.98. The fraction of sp³-hybridized carbons (Fsp3) is 0.444. The van der Waals surface area contributed by atoms with Gasteiger partial charge in [0.05, 0.1) is 5.69 Å². The summed E-state index contributed by atoms with van der Waals surface area (Å²) in [7, 11) is 0. The number of carbonyl (C=O) groups is 1. The molecular weight excluding hydrogens is 360 g/mol. The summed E-state index contributed by atoms with van der Waals surface area (Å²) in [5.74, 6) is 0.123. The molecule has 2 aromatic rings. The lowest BCUT2D eigenvalue weighted by atomic mass is 9.92. The highest BCUT2D eigenvalue weighted by molar-refractivity contribution is 7.14. The van der Waals surface area contributed by atoms with Crippen LogP contribution in [-0.2, 0) is 4.79 Å². The lowest BCUT2D eigenvalue weighted by molar-refractivity contribution is -0.118. The van der Waals surface area contributed by atoms with E-state index in [1.54, 1.807) is 23.6 Å². The van der Waals surface area contributed by atoms with E-state index in [-0.39, 0.29) is 23.0 Å². The van der Waals surface area contributed by atoms with Gasteiger partial charge >= 0.3 is 6.61 Å². The number of rotatable bonds is 5. The fourth-order valence-electron chi connectivity index (χ4n) is 3.72. The molecule has 0 bridgehead atoms. The predicted molar refractivity (Wildman–Crippen MR) is 95.5 cm³/mol. The Bertz CT molecular complexity index is 805. The molecule has 2 N–H and O–H groups in total. The van der Waals surface area contributed by atoms with E-state index in [1.165, 1.54) is 17.4 Å². The average molecular weight is 379 g/mol. The third kappa shape index (κ3) is 3.43. The normalized spacial score (nSPS) is 21.0. The molecule has 1 saturated carbocycles. The Morgan fingerprint density at radius 1 is 1.35 bits per heavy atom. The molecule has 0 radical (unpaired) electrons. The van der Waals surface area contributed by atoms with Crippen molar-refractivity contribution >= 4 is 22.4 Å². The van der Waals surface area contributed by atoms with E-state index in [4.69, 9.17) is 0 Å². The van der Waals surface area contributed by atoms with Gasteiger partial charge in [0.1, 0.15) is 5.75 Å². The van der Waals surface area contributed by atoms with Crippen molar-refractivity contribution in [2.45, 2.75) is 25.9 Å². The molecule has 2 aliphatic rings. The third-order valence-electron chi connectivity index (χ3n) is 5.22. The fourth-order valence-corrected chi connectivity index (χ4v) is 4.43. The van der Waals surface area contributed by atoms with Crippen molar-refractivity contribution in [2.75, 3.05) is 18.4 Å². The molecule has 1 atom stereocenters. The van der Waals surface area contributed by atoms with Crippen molar-refractivity contribution in [2.24, 2.45) is 11.3 Å². The van der Waals surface area contributed by atoms with E-state index in [0.29, 0.717) is 16.4 Å². The van der Waals surface area contributed by atoms with E-state index in [0.717, 1.165) is 32.4 Å². The van der Waals surface area contributed by atoms with Crippen LogP contribution in [0.2, 0.25) is 0 Å². The smallest absolute Gasteiger partial charge is 0.387 e. The number of nitrogens with zero attached hydrogens (tertiary/aromatic N) is 1. The maximum atomic E-state index is 12.6. The summed E-state index contributed by atoms with van der Waals surface area (Å²) < 4.78 is 29.7. The summed E-state index contributed by atoms with van der Waals surface area (Å²) in [5.41, 5.74) is 1.15. The number of nitrogens with one attached hydrogen (secondary N) is 2. The molecule has 1 aromatic heterocycles. The van der Waals surface area contributed by atoms with Gasteiger partial charge in [-0.25, -0.2) is 4.98 Å². The van der Waals surface area contributed by atoms with Crippen molar-refractivity contribution in [3.8, 4) is 17.0 Å². The Balaban J connectivity index is 1.45. The van der Waals surface area contributed by atoms with Crippen LogP contribution in [0.15, 0.2) is 29.6 Å². The van der Waals surface area contributed by atoms with Crippen LogP contribution in [0, 0.1) is 11.3 Å². The summed E-state index contributed by atoms with van der Waals surface area (Å²) >= 11 is 1.28. The molecule has 8 heteroatoms. The van der Waals surface area contributed by atoms with Crippen molar-refractivity contribution in [1.82, 2.24) is 10.3 Å². The number of amides is 1. The lowest BCUT2D eigenvalue weighted by Gasteiger charge is -2.22. The quantitative estimate of drug-likeness (QED) is 0.831. The monoisotopic (exact) mass is 379 g/mol. The van der Waals surface area contributed by atoms with Crippen molar-refractivity contribution in [1.29, 1.82) is 0 Å². The molecule has 2 fully saturated rings. The van der Waals surface area contributed by atoms with E-state index in [2.05, 4.69) is 20.4 Å². The number of hydrogen-bond acceptors (Lipinski definition) is 5. The zero-order valence-electron chi connectivity index (χ0n) is 14.0. The number of hydrogen-bond donors (Lipinski definition) is 2. The highest BCUT2D eigenvalue weighted by Gasteiger charge is 2.57. The number of halogens is 2. The molecule has 1 spiro atoms. The number of ether oxygens (including phenoxy) is 1. The standard InChI is InChI=1S/C18H19F2N3O2S/c19-16(20)25-14-4-2-1-3-11(14)13-10-26-17(22-13)23-15(24)12-9-18(12)5-7-21-8-6-18/h1-4,10,12,16,21H,5-9H2,(H,22,23,24). The highest BCUT2D eigenvalue weighted by atomic mass is 32.1. The number of benzene rings is 1. The summed E-state index contributed by atoms with van der Waals surface area (Å²) in [4.78, 5) is 16.9. The Labute approximate surface area is 153 Å². The van der Waals surface area contributed by atoms with Crippen LogP contribution in [0.1, 0.15) is 19.3 Å². The Morgan fingerprint density at radius 3 is 2.88 bits per heavy atom. The predicted octanol–water partition coefficient (Wildman–Crippen LogP) is 3.74. The summed E-state index contributed by atoms with van der Waals surface area (Å²) in [6, 6.07) is 6.51. The first-order valence-electron chi connectivity index (χ1n) is 8.59. The van der Waals surface area contributed by atoms with Gasteiger partial charge in [-0.1, -0.05) is 12.1 Å². The Morgan fingerprint density at radius 2 is 2.12 bits per heavy atom. The minimum absolute atomic E-state index is 0.00455. The molecule has 1 unspecified atom stereocenters. The Hall–Kier alpha value is -2.06. The maximum Gasteiger partial charge on any atom is 0.387 e. The zero-order chi connectivity index (χ0) is 18.1. The van der Waals surface area contributed by atoms with Gasteiger partial charge in [0, 0.05) is 16.9 Å². The largest absolute Gasteiger partial charge is 0.434 e. The van der Waals surface area contributed by atoms with Gasteiger partial charge in [-0.15, -0.1) is 11.3 Å². The summed E-state index contributed by atoms with van der Waals surface area (Å²) in [6.45, 7) is -0.969. The van der Waals surface area contributed by atoms with Gasteiger partial charge in [0.25, 0.3) is 0 Å². The first-order chi connectivity index (χ1) is 12.6. The van der Waals surface area contributed by atoms with Crippen LogP contribution in [0.25, 0.3) is 11.3 Å². The van der Waals surface area contributed by atoms with Gasteiger partial charge in [-0.05, 0) is 49.9 Å². The topological polar surface area (TPSA) is 63.2 Å². The maximum absolute atomic E-state index is 12.6. The summed E-state index contributed by atoms with van der Waals surface area (Å²) in [6.07, 6.45) is 3.00. The van der Waals surface area contributed by atoms with Crippen LogP contribution >= 0.6 is 11.3 Å². The molecule has 4 rings (SSSR count). The number of thiazole rings is 1. The second-order valence-electron chi connectivity index (χ2n) is 6.77. The SMILES string of the molecule is O=C(Nc1nc(-c2ccccc2OC(F)F)cs1)C1CC12CCNCC2. The van der Waals surface area contributed by atoms with Crippen molar-refractivity contribution in [3.05, 3.63) is 29.6 Å². The minimum atomic E-state index is -2.90. The number of aromatic nitrogens is 1. The minimum Gasteiger partial charge on any atom is -0.434 e. The van der Waals surface area contributed by atoms with Crippen LogP contribution in [0.5, 0.6) is 5.75 Å². The first-order valence-corrected chi connectivity index (χ1v) is 9.47. The molecule has 138 valence electrons. The molecule has 5 nitrogen and oxygen atoms in total. The number of piperidine rings is 1. The van der Waals surface area contributed by atoms with E-state index >= 15 is 0 Å². The van der Waals surface area contributed by atoms with Crippen LogP contribution in [0.4, 0.5) is 13.9 Å². The van der Waals surface area contributed by atoms with Crippen LogP contribution in [0.3, 0.4) is 0 Å². The number of carbonyl (C=O) groups excluding carboxylic acids is 1. The van der Waals surface area contributed by atoms with Gasteiger partial charge in [0.2, 0.25) is 5.91 Å². The highest BCUT2D eigenvalue weighted by Crippen LogP contribution is 2.58. The summed E-state index contributed by atoms with van der Waals surface area (Å²) in [5, 5.41) is 8.42. The van der Waals surface area contributed by atoms with Gasteiger partial charge in [-0.2, -0.15) is 8.78 Å². The number of alkyl halides is 2. The first kappa shape index (κ1) is 17.4. The van der Waals surface area contributed by atoms with Gasteiger partial charge < -0.3 is 15.4 Å². The molecule has 1 aliphatic carbocycles. The van der Waals surface area contributed by atoms with E-state index < -0.39 is 6.61 Å². The molecule has 1 saturated heterocycles. The van der Waals surface area contributed by atoms with Crippen LogP contribution < -0.4 is 15.4 Å². The molecule has 2 heterocycles. The molecular formula is C18H19F2N3O2S. The molecule has 1 aliphatic heterocycles. The van der Waals surface area contributed by atoms with Crippen molar-refractivity contribution in [3.63, 3.8) is 0 Å². The van der Waals surface area contributed by atoms with Crippen molar-refractivity contribution < 1.29 is 18.3 Å². The van der Waals surface area contributed by atoms with E-state index in [9.17, 15) is 13.6 Å².